The Morgan fingerprint density at radius 1 is 0.737 bits per heavy atom. The summed E-state index contributed by atoms with van der Waals surface area (Å²) in [5, 5.41) is 0. The Bertz CT molecular complexity index is 373. The first kappa shape index (κ1) is 15.6. The highest BCUT2D eigenvalue weighted by Crippen LogP contribution is 2.60. The van der Waals surface area contributed by atoms with Gasteiger partial charge in [0.2, 0.25) is 0 Å². The summed E-state index contributed by atoms with van der Waals surface area (Å²) in [6.45, 7) is 0.761. The molecule has 0 radical (unpaired) electrons. The van der Waals surface area contributed by atoms with Crippen molar-refractivity contribution < 1.29 is 27.2 Å². The van der Waals surface area contributed by atoms with Gasteiger partial charge in [-0.15, -0.1) is 0 Å². The lowest BCUT2D eigenvalue weighted by atomic mass is 9.93. The van der Waals surface area contributed by atoms with Crippen molar-refractivity contribution >= 4 is 15.5 Å². The molecule has 0 aromatic rings. The highest BCUT2D eigenvalue weighted by Gasteiger charge is 2.50. The Balaban J connectivity index is 1.99. The van der Waals surface area contributed by atoms with Gasteiger partial charge in [-0.25, -0.2) is 18.5 Å². The summed E-state index contributed by atoms with van der Waals surface area (Å²) >= 11 is 0. The first-order chi connectivity index (χ1) is 8.72. The number of nitrogens with zero attached hydrogens (tertiary/aromatic N) is 2. The number of rotatable bonds is 2. The molecule has 2 fully saturated rings. The fourth-order valence-electron chi connectivity index (χ4n) is 1.66. The molecule has 0 atom stereocenters. The minimum absolute atomic E-state index is 0.190. The van der Waals surface area contributed by atoms with Crippen molar-refractivity contribution in [2.75, 3.05) is 54.6 Å². The molecule has 0 unspecified atom stereocenters. The Labute approximate surface area is 113 Å². The average Bonchev–Trinajstić information content (AvgIpc) is 2.37. The van der Waals surface area contributed by atoms with E-state index in [1.54, 1.807) is 28.2 Å². The SMILES string of the molecule is CN(C)P1(=O)OCC2(CO1)COP(=O)(N(C)C)OC2. The van der Waals surface area contributed by atoms with Gasteiger partial charge in [-0.05, 0) is 28.2 Å². The van der Waals surface area contributed by atoms with E-state index in [2.05, 4.69) is 0 Å². The van der Waals surface area contributed by atoms with Crippen molar-refractivity contribution in [2.45, 2.75) is 0 Å². The molecule has 0 saturated carbocycles. The maximum Gasteiger partial charge on any atom is 0.407 e. The summed E-state index contributed by atoms with van der Waals surface area (Å²) in [5.74, 6) is 0. The topological polar surface area (TPSA) is 77.5 Å². The van der Waals surface area contributed by atoms with E-state index >= 15 is 0 Å². The van der Waals surface area contributed by atoms with Crippen molar-refractivity contribution in [1.82, 2.24) is 9.34 Å². The van der Waals surface area contributed by atoms with Gasteiger partial charge in [-0.2, -0.15) is 0 Å². The quantitative estimate of drug-likeness (QED) is 0.708. The van der Waals surface area contributed by atoms with Crippen LogP contribution in [0.1, 0.15) is 0 Å². The third-order valence-electron chi connectivity index (χ3n) is 3.12. The molecule has 8 nitrogen and oxygen atoms in total. The highest BCUT2D eigenvalue weighted by atomic mass is 31.2. The molecule has 2 aliphatic heterocycles. The zero-order valence-electron chi connectivity index (χ0n) is 11.6. The van der Waals surface area contributed by atoms with E-state index in [-0.39, 0.29) is 26.4 Å². The summed E-state index contributed by atoms with van der Waals surface area (Å²) in [7, 11) is 0.154. The van der Waals surface area contributed by atoms with Crippen LogP contribution in [0.25, 0.3) is 0 Å². The first-order valence-corrected chi connectivity index (χ1v) is 8.84. The molecule has 0 aliphatic carbocycles. The lowest BCUT2D eigenvalue weighted by Gasteiger charge is -2.44. The summed E-state index contributed by atoms with van der Waals surface area (Å²) in [4.78, 5) is 0. The molecule has 2 aliphatic rings. The van der Waals surface area contributed by atoms with E-state index in [9.17, 15) is 9.13 Å². The fraction of sp³-hybridized carbons (Fsp3) is 1.00. The van der Waals surface area contributed by atoms with Crippen LogP contribution >= 0.6 is 15.5 Å². The molecular weight excluding hydrogens is 294 g/mol. The van der Waals surface area contributed by atoms with Crippen LogP contribution in [-0.4, -0.2) is 64.0 Å². The zero-order valence-corrected chi connectivity index (χ0v) is 13.4. The van der Waals surface area contributed by atoms with E-state index < -0.39 is 20.9 Å². The van der Waals surface area contributed by atoms with Gasteiger partial charge < -0.3 is 0 Å². The maximum atomic E-state index is 12.1. The molecule has 0 bridgehead atoms. The van der Waals surface area contributed by atoms with Gasteiger partial charge in [0, 0.05) is 0 Å². The van der Waals surface area contributed by atoms with E-state index in [0.29, 0.717) is 0 Å². The second-order valence-electron chi connectivity index (χ2n) is 5.23. The summed E-state index contributed by atoms with van der Waals surface area (Å²) in [5.41, 5.74) is -0.548. The molecule has 0 amide bonds. The third-order valence-corrected chi connectivity index (χ3v) is 6.90. The first-order valence-electron chi connectivity index (χ1n) is 5.85. The van der Waals surface area contributed by atoms with Gasteiger partial charge in [-0.1, -0.05) is 0 Å². The fourth-order valence-corrected chi connectivity index (χ4v) is 4.48. The molecule has 112 valence electrons. The Morgan fingerprint density at radius 2 is 1.00 bits per heavy atom. The van der Waals surface area contributed by atoms with Crippen molar-refractivity contribution in [3.8, 4) is 0 Å². The molecule has 0 aromatic carbocycles. The molecule has 10 heteroatoms. The van der Waals surface area contributed by atoms with Crippen LogP contribution in [0.5, 0.6) is 0 Å². The van der Waals surface area contributed by atoms with E-state index in [1.165, 1.54) is 9.34 Å². The molecule has 2 saturated heterocycles. The smallest absolute Gasteiger partial charge is 0.296 e. The summed E-state index contributed by atoms with van der Waals surface area (Å²) in [6, 6.07) is 0. The summed E-state index contributed by atoms with van der Waals surface area (Å²) < 4.78 is 48.5. The van der Waals surface area contributed by atoms with Crippen molar-refractivity contribution in [2.24, 2.45) is 5.41 Å². The van der Waals surface area contributed by atoms with E-state index in [4.69, 9.17) is 18.1 Å². The van der Waals surface area contributed by atoms with Gasteiger partial charge in [0.05, 0.1) is 31.8 Å². The molecule has 19 heavy (non-hydrogen) atoms. The van der Waals surface area contributed by atoms with E-state index in [0.717, 1.165) is 0 Å². The molecule has 0 aromatic heterocycles. The van der Waals surface area contributed by atoms with Gasteiger partial charge in [-0.3, -0.25) is 18.1 Å². The Kier molecular flexibility index (Phi) is 4.27. The minimum Gasteiger partial charge on any atom is -0.296 e. The van der Waals surface area contributed by atoms with Gasteiger partial charge in [0.25, 0.3) is 0 Å². The van der Waals surface area contributed by atoms with Crippen LogP contribution in [-0.2, 0) is 27.2 Å². The van der Waals surface area contributed by atoms with Gasteiger partial charge in [0.15, 0.2) is 0 Å². The third kappa shape index (κ3) is 2.96. The highest BCUT2D eigenvalue weighted by molar-refractivity contribution is 7.51. The van der Waals surface area contributed by atoms with Crippen LogP contribution in [0, 0.1) is 5.41 Å². The van der Waals surface area contributed by atoms with Crippen LogP contribution in [0.2, 0.25) is 0 Å². The molecule has 1 spiro atoms. The van der Waals surface area contributed by atoms with Crippen molar-refractivity contribution in [3.05, 3.63) is 0 Å². The van der Waals surface area contributed by atoms with Crippen LogP contribution in [0.15, 0.2) is 0 Å². The standard InChI is InChI=1S/C9H20N2O6P2/c1-10(2)18(12)14-5-9(6-15-18)7-16-19(13,11(3)4)17-8-9/h5-8H2,1-4H3. The zero-order chi connectivity index (χ0) is 14.3. The largest absolute Gasteiger partial charge is 0.407 e. The van der Waals surface area contributed by atoms with Crippen LogP contribution < -0.4 is 0 Å². The summed E-state index contributed by atoms with van der Waals surface area (Å²) in [6.07, 6.45) is 0. The number of hydrogen-bond donors (Lipinski definition) is 0. The minimum atomic E-state index is -3.19. The predicted octanol–water partition coefficient (Wildman–Crippen LogP) is 1.41. The molecular formula is C9H20N2O6P2. The van der Waals surface area contributed by atoms with Crippen molar-refractivity contribution in [3.63, 3.8) is 0 Å². The van der Waals surface area contributed by atoms with Crippen molar-refractivity contribution in [1.29, 1.82) is 0 Å². The lowest BCUT2D eigenvalue weighted by Crippen LogP contribution is -2.47. The molecule has 0 N–H and O–H groups in total. The average molecular weight is 314 g/mol. The molecule has 2 rings (SSSR count). The van der Waals surface area contributed by atoms with Gasteiger partial charge >= 0.3 is 15.5 Å². The van der Waals surface area contributed by atoms with E-state index in [1.807, 2.05) is 0 Å². The second-order valence-corrected chi connectivity index (χ2v) is 9.73. The number of hydrogen-bond acceptors (Lipinski definition) is 6. The van der Waals surface area contributed by atoms with Gasteiger partial charge in [0.1, 0.15) is 0 Å². The predicted molar refractivity (Wildman–Crippen MR) is 68.8 cm³/mol. The Morgan fingerprint density at radius 3 is 1.21 bits per heavy atom. The maximum absolute atomic E-state index is 12.1. The molecule has 2 heterocycles. The monoisotopic (exact) mass is 314 g/mol. The Hall–Kier alpha value is 0.220. The van der Waals surface area contributed by atoms with Crippen LogP contribution in [0.4, 0.5) is 0 Å². The lowest BCUT2D eigenvalue weighted by molar-refractivity contribution is -0.0796. The second kappa shape index (κ2) is 5.20. The van der Waals surface area contributed by atoms with Crippen LogP contribution in [0.3, 0.4) is 0 Å². The normalized spacial score (nSPS) is 44.1.